The van der Waals surface area contributed by atoms with Crippen LogP contribution in [-0.4, -0.2) is 12.6 Å². The molecule has 1 aromatic rings. The van der Waals surface area contributed by atoms with Gasteiger partial charge in [0.25, 0.3) is 0 Å². The Kier molecular flexibility index (Phi) is 4.37. The molecular formula is C19H29NO. The monoisotopic (exact) mass is 287 g/mol. The summed E-state index contributed by atoms with van der Waals surface area (Å²) in [5.41, 5.74) is 9.88. The highest BCUT2D eigenvalue weighted by Crippen LogP contribution is 2.41. The molecule has 1 aromatic carbocycles. The molecule has 3 rings (SSSR count). The average Bonchev–Trinajstić information content (AvgIpc) is 2.47. The van der Waals surface area contributed by atoms with Gasteiger partial charge < -0.3 is 10.5 Å². The lowest BCUT2D eigenvalue weighted by Crippen LogP contribution is -2.37. The third-order valence-corrected chi connectivity index (χ3v) is 5.57. The van der Waals surface area contributed by atoms with Gasteiger partial charge in [0.2, 0.25) is 0 Å². The van der Waals surface area contributed by atoms with Gasteiger partial charge in [-0.1, -0.05) is 38.1 Å². The van der Waals surface area contributed by atoms with Crippen molar-refractivity contribution in [2.24, 2.45) is 17.1 Å². The molecule has 0 aromatic heterocycles. The summed E-state index contributed by atoms with van der Waals surface area (Å²) in [6.07, 6.45) is 7.41. The maximum absolute atomic E-state index is 6.54. The van der Waals surface area contributed by atoms with E-state index in [-0.39, 0.29) is 12.1 Å². The van der Waals surface area contributed by atoms with Crippen molar-refractivity contribution in [1.82, 2.24) is 0 Å². The summed E-state index contributed by atoms with van der Waals surface area (Å²) in [5.74, 6) is 0.677. The molecule has 2 N–H and O–H groups in total. The summed E-state index contributed by atoms with van der Waals surface area (Å²) in [7, 11) is 0. The Morgan fingerprint density at radius 2 is 1.95 bits per heavy atom. The van der Waals surface area contributed by atoms with Gasteiger partial charge in [0.15, 0.2) is 0 Å². The van der Waals surface area contributed by atoms with E-state index in [4.69, 9.17) is 10.5 Å². The van der Waals surface area contributed by atoms with Gasteiger partial charge in [0.1, 0.15) is 0 Å². The zero-order chi connectivity index (χ0) is 14.9. The number of nitrogens with two attached hydrogens (primary N) is 1. The van der Waals surface area contributed by atoms with Crippen molar-refractivity contribution in [3.8, 4) is 0 Å². The topological polar surface area (TPSA) is 35.2 Å². The Morgan fingerprint density at radius 1 is 1.24 bits per heavy atom. The molecule has 116 valence electrons. The Morgan fingerprint density at radius 3 is 2.71 bits per heavy atom. The maximum atomic E-state index is 6.54. The second-order valence-corrected chi connectivity index (χ2v) is 7.71. The van der Waals surface area contributed by atoms with Crippen LogP contribution in [-0.2, 0) is 11.2 Å². The highest BCUT2D eigenvalue weighted by Gasteiger charge is 2.32. The number of fused-ring (bicyclic) bond motifs is 1. The van der Waals surface area contributed by atoms with Crippen molar-refractivity contribution in [3.63, 3.8) is 0 Å². The maximum Gasteiger partial charge on any atom is 0.0842 e. The number of hydrogen-bond donors (Lipinski definition) is 1. The minimum absolute atomic E-state index is 0.208. The van der Waals surface area contributed by atoms with E-state index in [9.17, 15) is 0 Å². The van der Waals surface area contributed by atoms with Crippen molar-refractivity contribution in [1.29, 1.82) is 0 Å². The van der Waals surface area contributed by atoms with Gasteiger partial charge in [-0.05, 0) is 61.0 Å². The fourth-order valence-corrected chi connectivity index (χ4v) is 3.96. The summed E-state index contributed by atoms with van der Waals surface area (Å²) in [6.45, 7) is 5.61. The molecule has 0 saturated heterocycles. The van der Waals surface area contributed by atoms with Crippen LogP contribution in [0.5, 0.6) is 0 Å². The summed E-state index contributed by atoms with van der Waals surface area (Å²) in [4.78, 5) is 0. The minimum Gasteiger partial charge on any atom is -0.373 e. The minimum atomic E-state index is 0.208. The molecule has 2 aliphatic rings. The molecule has 2 nitrogen and oxygen atoms in total. The summed E-state index contributed by atoms with van der Waals surface area (Å²) in [5, 5.41) is 0. The molecule has 0 spiro atoms. The smallest absolute Gasteiger partial charge is 0.0842 e. The van der Waals surface area contributed by atoms with Gasteiger partial charge >= 0.3 is 0 Å². The molecule has 1 saturated carbocycles. The second kappa shape index (κ2) is 6.10. The molecule has 1 aliphatic heterocycles. The van der Waals surface area contributed by atoms with Gasteiger partial charge in [-0.15, -0.1) is 0 Å². The van der Waals surface area contributed by atoms with E-state index in [0.717, 1.165) is 19.4 Å². The Hall–Kier alpha value is -0.860. The number of rotatable bonds is 3. The van der Waals surface area contributed by atoms with Crippen LogP contribution in [0.3, 0.4) is 0 Å². The molecule has 2 heteroatoms. The largest absolute Gasteiger partial charge is 0.373 e. The predicted octanol–water partition coefficient (Wildman–Crippen LogP) is 4.23. The van der Waals surface area contributed by atoms with Crippen LogP contribution in [0.25, 0.3) is 0 Å². The van der Waals surface area contributed by atoms with E-state index in [1.807, 2.05) is 0 Å². The van der Waals surface area contributed by atoms with Crippen molar-refractivity contribution in [3.05, 3.63) is 35.4 Å². The van der Waals surface area contributed by atoms with E-state index in [1.165, 1.54) is 36.8 Å². The second-order valence-electron chi connectivity index (χ2n) is 7.71. The van der Waals surface area contributed by atoms with E-state index in [0.29, 0.717) is 11.3 Å². The van der Waals surface area contributed by atoms with Crippen molar-refractivity contribution in [2.75, 3.05) is 6.61 Å². The lowest BCUT2D eigenvalue weighted by molar-refractivity contribution is 0.0241. The quantitative estimate of drug-likeness (QED) is 0.902. The molecule has 0 bridgehead atoms. The first kappa shape index (κ1) is 15.1. The van der Waals surface area contributed by atoms with Crippen LogP contribution in [0.4, 0.5) is 0 Å². The van der Waals surface area contributed by atoms with E-state index in [2.05, 4.69) is 38.1 Å². The SMILES string of the molecule is CC1(C)CCC(C(N)CC2OCCc3ccccc32)CC1. The van der Waals surface area contributed by atoms with Crippen LogP contribution < -0.4 is 5.73 Å². The van der Waals surface area contributed by atoms with Crippen molar-refractivity contribution in [2.45, 2.75) is 64.5 Å². The first-order chi connectivity index (χ1) is 10.1. The van der Waals surface area contributed by atoms with Crippen LogP contribution >= 0.6 is 0 Å². The number of benzene rings is 1. The van der Waals surface area contributed by atoms with Crippen LogP contribution in [0.2, 0.25) is 0 Å². The van der Waals surface area contributed by atoms with Crippen LogP contribution in [0.15, 0.2) is 24.3 Å². The van der Waals surface area contributed by atoms with Crippen molar-refractivity contribution < 1.29 is 4.74 Å². The Bertz CT molecular complexity index is 472. The average molecular weight is 287 g/mol. The highest BCUT2D eigenvalue weighted by atomic mass is 16.5. The Balaban J connectivity index is 1.62. The van der Waals surface area contributed by atoms with Crippen LogP contribution in [0.1, 0.15) is 63.2 Å². The number of ether oxygens (including phenoxy) is 1. The Labute approximate surface area is 129 Å². The molecule has 2 atom stereocenters. The van der Waals surface area contributed by atoms with E-state index >= 15 is 0 Å². The summed E-state index contributed by atoms with van der Waals surface area (Å²) >= 11 is 0. The zero-order valence-corrected chi connectivity index (χ0v) is 13.5. The highest BCUT2D eigenvalue weighted by molar-refractivity contribution is 5.31. The molecule has 0 radical (unpaired) electrons. The first-order valence-corrected chi connectivity index (χ1v) is 8.50. The van der Waals surface area contributed by atoms with Gasteiger partial charge in [0, 0.05) is 6.04 Å². The third kappa shape index (κ3) is 3.49. The molecule has 1 aliphatic carbocycles. The molecule has 1 heterocycles. The zero-order valence-electron chi connectivity index (χ0n) is 13.5. The van der Waals surface area contributed by atoms with E-state index < -0.39 is 0 Å². The standard InChI is InChI=1S/C19H29NO/c1-19(2)10-7-15(8-11-19)17(20)13-18-16-6-4-3-5-14(16)9-12-21-18/h3-6,15,17-18H,7-13,20H2,1-2H3. The lowest BCUT2D eigenvalue weighted by atomic mass is 9.70. The van der Waals surface area contributed by atoms with Gasteiger partial charge in [-0.3, -0.25) is 0 Å². The normalized spacial score (nSPS) is 27.1. The molecule has 1 fully saturated rings. The van der Waals surface area contributed by atoms with Crippen molar-refractivity contribution >= 4 is 0 Å². The van der Waals surface area contributed by atoms with Gasteiger partial charge in [0.05, 0.1) is 12.7 Å². The molecular weight excluding hydrogens is 258 g/mol. The fourth-order valence-electron chi connectivity index (χ4n) is 3.96. The number of hydrogen-bond acceptors (Lipinski definition) is 2. The van der Waals surface area contributed by atoms with Gasteiger partial charge in [-0.25, -0.2) is 0 Å². The molecule has 0 amide bonds. The molecule has 2 unspecified atom stereocenters. The van der Waals surface area contributed by atoms with Gasteiger partial charge in [-0.2, -0.15) is 0 Å². The lowest BCUT2D eigenvalue weighted by Gasteiger charge is -2.38. The van der Waals surface area contributed by atoms with Crippen LogP contribution in [0, 0.1) is 11.3 Å². The summed E-state index contributed by atoms with van der Waals surface area (Å²) in [6, 6.07) is 8.98. The summed E-state index contributed by atoms with van der Waals surface area (Å²) < 4.78 is 6.03. The fraction of sp³-hybridized carbons (Fsp3) is 0.684. The first-order valence-electron chi connectivity index (χ1n) is 8.50. The predicted molar refractivity (Wildman–Crippen MR) is 87.2 cm³/mol. The molecule has 21 heavy (non-hydrogen) atoms. The van der Waals surface area contributed by atoms with E-state index in [1.54, 1.807) is 0 Å². The third-order valence-electron chi connectivity index (χ3n) is 5.57.